The van der Waals surface area contributed by atoms with E-state index in [0.29, 0.717) is 18.9 Å². The molecule has 1 aromatic heterocycles. The van der Waals surface area contributed by atoms with Crippen LogP contribution in [0.25, 0.3) is 0 Å². The monoisotopic (exact) mass is 265 g/mol. The zero-order valence-corrected chi connectivity index (χ0v) is 12.0. The maximum Gasteiger partial charge on any atom is 0.220 e. The lowest BCUT2D eigenvalue weighted by molar-refractivity contribution is -0.122. The molecule has 1 aliphatic heterocycles. The third-order valence-electron chi connectivity index (χ3n) is 3.89. The minimum absolute atomic E-state index is 0.119. The zero-order chi connectivity index (χ0) is 13.8. The molecule has 1 fully saturated rings. The van der Waals surface area contributed by atoms with Gasteiger partial charge in [-0.15, -0.1) is 0 Å². The zero-order valence-electron chi connectivity index (χ0n) is 12.0. The molecule has 106 valence electrons. The van der Waals surface area contributed by atoms with Gasteiger partial charge in [-0.3, -0.25) is 9.48 Å². The van der Waals surface area contributed by atoms with Gasteiger partial charge in [0, 0.05) is 31.9 Å². The van der Waals surface area contributed by atoms with E-state index in [4.69, 9.17) is 4.74 Å². The Morgan fingerprint density at radius 2 is 2.26 bits per heavy atom. The quantitative estimate of drug-likeness (QED) is 0.874. The van der Waals surface area contributed by atoms with Gasteiger partial charge in [0.2, 0.25) is 5.91 Å². The minimum Gasteiger partial charge on any atom is -0.381 e. The second-order valence-corrected chi connectivity index (χ2v) is 5.30. The molecule has 1 atom stereocenters. The molecule has 0 aliphatic carbocycles. The molecule has 0 spiro atoms. The fraction of sp³-hybridized carbons (Fsp3) is 0.714. The summed E-state index contributed by atoms with van der Waals surface area (Å²) in [6.07, 6.45) is 1.58. The smallest absolute Gasteiger partial charge is 0.220 e. The van der Waals surface area contributed by atoms with E-state index in [9.17, 15) is 4.79 Å². The number of aromatic nitrogens is 2. The lowest BCUT2D eigenvalue weighted by Gasteiger charge is -2.09. The number of hydrogen-bond acceptors (Lipinski definition) is 3. The van der Waals surface area contributed by atoms with Crippen molar-refractivity contribution in [2.45, 2.75) is 40.2 Å². The van der Waals surface area contributed by atoms with Crippen LogP contribution in [0, 0.1) is 26.7 Å². The highest BCUT2D eigenvalue weighted by molar-refractivity contribution is 5.76. The molecule has 1 saturated heterocycles. The highest BCUT2D eigenvalue weighted by Gasteiger charge is 2.18. The van der Waals surface area contributed by atoms with Crippen molar-refractivity contribution in [1.29, 1.82) is 0 Å². The molecule has 1 amide bonds. The second kappa shape index (κ2) is 6.19. The lowest BCUT2D eigenvalue weighted by atomic mass is 10.1. The Labute approximate surface area is 114 Å². The number of aryl methyl sites for hydroxylation is 1. The molecule has 1 aliphatic rings. The number of ether oxygens (including phenoxy) is 1. The van der Waals surface area contributed by atoms with Gasteiger partial charge in [0.05, 0.1) is 12.2 Å². The average Bonchev–Trinajstić information content (AvgIpc) is 2.95. The van der Waals surface area contributed by atoms with Crippen LogP contribution in [-0.4, -0.2) is 35.4 Å². The maximum atomic E-state index is 11.7. The predicted octanol–water partition coefficient (Wildman–Crippen LogP) is 1.35. The van der Waals surface area contributed by atoms with Crippen LogP contribution < -0.4 is 5.32 Å². The highest BCUT2D eigenvalue weighted by atomic mass is 16.5. The van der Waals surface area contributed by atoms with E-state index in [0.717, 1.165) is 31.9 Å². The van der Waals surface area contributed by atoms with Crippen molar-refractivity contribution in [1.82, 2.24) is 15.1 Å². The Hall–Kier alpha value is -1.36. The predicted molar refractivity (Wildman–Crippen MR) is 73.0 cm³/mol. The van der Waals surface area contributed by atoms with Crippen molar-refractivity contribution >= 4 is 5.91 Å². The third kappa shape index (κ3) is 3.56. The summed E-state index contributed by atoms with van der Waals surface area (Å²) in [6.45, 7) is 9.03. The highest BCUT2D eigenvalue weighted by Crippen LogP contribution is 2.15. The van der Waals surface area contributed by atoms with E-state index in [1.165, 1.54) is 11.3 Å². The van der Waals surface area contributed by atoms with Gasteiger partial charge in [-0.05, 0) is 38.7 Å². The molecule has 0 unspecified atom stereocenters. The standard InChI is InChI=1S/C14H23N3O2/c1-10-11(2)16-17(12(10)3)6-5-15-14(18)8-13-4-7-19-9-13/h13H,4-9H2,1-3H3,(H,15,18)/t13-/m1/s1. The van der Waals surface area contributed by atoms with Gasteiger partial charge in [0.15, 0.2) is 0 Å². The van der Waals surface area contributed by atoms with E-state index in [1.807, 2.05) is 11.6 Å². The van der Waals surface area contributed by atoms with Gasteiger partial charge < -0.3 is 10.1 Å². The molecule has 2 rings (SSSR count). The Morgan fingerprint density at radius 1 is 1.47 bits per heavy atom. The second-order valence-electron chi connectivity index (χ2n) is 5.30. The number of nitrogens with one attached hydrogen (secondary N) is 1. The number of carbonyl (C=O) groups is 1. The molecule has 1 aromatic rings. The molecule has 0 radical (unpaired) electrons. The Kier molecular flexibility index (Phi) is 4.58. The first-order chi connectivity index (χ1) is 9.08. The molecule has 1 N–H and O–H groups in total. The summed E-state index contributed by atoms with van der Waals surface area (Å²) < 4.78 is 7.23. The maximum absolute atomic E-state index is 11.7. The van der Waals surface area contributed by atoms with Crippen LogP contribution in [0.1, 0.15) is 29.8 Å². The summed E-state index contributed by atoms with van der Waals surface area (Å²) in [5.74, 6) is 0.518. The fourth-order valence-electron chi connectivity index (χ4n) is 2.38. The molecule has 5 heteroatoms. The number of hydrogen-bond donors (Lipinski definition) is 1. The first-order valence-electron chi connectivity index (χ1n) is 6.93. The Balaban J connectivity index is 1.73. The van der Waals surface area contributed by atoms with Crippen molar-refractivity contribution < 1.29 is 9.53 Å². The molecule has 2 heterocycles. The molecular weight excluding hydrogens is 242 g/mol. The van der Waals surface area contributed by atoms with Gasteiger partial charge in [-0.25, -0.2) is 0 Å². The van der Waals surface area contributed by atoms with Crippen LogP contribution in [-0.2, 0) is 16.1 Å². The van der Waals surface area contributed by atoms with E-state index in [-0.39, 0.29) is 5.91 Å². The number of rotatable bonds is 5. The van der Waals surface area contributed by atoms with Crippen LogP contribution in [0.2, 0.25) is 0 Å². The van der Waals surface area contributed by atoms with Crippen LogP contribution in [0.15, 0.2) is 0 Å². The SMILES string of the molecule is Cc1nn(CCNC(=O)C[C@H]2CCOC2)c(C)c1C. The van der Waals surface area contributed by atoms with E-state index in [2.05, 4.69) is 24.3 Å². The minimum atomic E-state index is 0.119. The van der Waals surface area contributed by atoms with Crippen LogP contribution in [0.5, 0.6) is 0 Å². The normalized spacial score (nSPS) is 18.8. The summed E-state index contributed by atoms with van der Waals surface area (Å²) in [5, 5.41) is 7.41. The van der Waals surface area contributed by atoms with Gasteiger partial charge in [0.25, 0.3) is 0 Å². The van der Waals surface area contributed by atoms with E-state index in [1.54, 1.807) is 0 Å². The van der Waals surface area contributed by atoms with Gasteiger partial charge in [-0.1, -0.05) is 0 Å². The van der Waals surface area contributed by atoms with Crippen molar-refractivity contribution in [3.05, 3.63) is 17.0 Å². The first kappa shape index (κ1) is 14.1. The molecule has 0 saturated carbocycles. The molecule has 5 nitrogen and oxygen atoms in total. The van der Waals surface area contributed by atoms with Gasteiger partial charge >= 0.3 is 0 Å². The van der Waals surface area contributed by atoms with Gasteiger partial charge in [-0.2, -0.15) is 5.10 Å². The molecule has 0 aromatic carbocycles. The Morgan fingerprint density at radius 3 is 2.84 bits per heavy atom. The summed E-state index contributed by atoms with van der Waals surface area (Å²) in [4.78, 5) is 11.7. The lowest BCUT2D eigenvalue weighted by Crippen LogP contribution is -2.29. The average molecular weight is 265 g/mol. The fourth-order valence-corrected chi connectivity index (χ4v) is 2.38. The largest absolute Gasteiger partial charge is 0.381 e. The number of amides is 1. The summed E-state index contributed by atoms with van der Waals surface area (Å²) in [5.41, 5.74) is 3.47. The topological polar surface area (TPSA) is 56.2 Å². The molecule has 0 bridgehead atoms. The Bertz CT molecular complexity index is 448. The van der Waals surface area contributed by atoms with E-state index < -0.39 is 0 Å². The van der Waals surface area contributed by atoms with Crippen molar-refractivity contribution in [3.63, 3.8) is 0 Å². The molecular formula is C14H23N3O2. The number of carbonyl (C=O) groups excluding carboxylic acids is 1. The summed E-state index contributed by atoms with van der Waals surface area (Å²) in [6, 6.07) is 0. The van der Waals surface area contributed by atoms with Crippen molar-refractivity contribution in [3.8, 4) is 0 Å². The summed E-state index contributed by atoms with van der Waals surface area (Å²) in [7, 11) is 0. The van der Waals surface area contributed by atoms with Crippen molar-refractivity contribution in [2.75, 3.05) is 19.8 Å². The van der Waals surface area contributed by atoms with Crippen molar-refractivity contribution in [2.24, 2.45) is 5.92 Å². The number of nitrogens with zero attached hydrogens (tertiary/aromatic N) is 2. The third-order valence-corrected chi connectivity index (χ3v) is 3.89. The first-order valence-corrected chi connectivity index (χ1v) is 6.93. The molecule has 19 heavy (non-hydrogen) atoms. The van der Waals surface area contributed by atoms with Gasteiger partial charge in [0.1, 0.15) is 0 Å². The van der Waals surface area contributed by atoms with E-state index >= 15 is 0 Å². The van der Waals surface area contributed by atoms with Crippen LogP contribution in [0.3, 0.4) is 0 Å². The van der Waals surface area contributed by atoms with Crippen LogP contribution in [0.4, 0.5) is 0 Å². The van der Waals surface area contributed by atoms with Crippen LogP contribution >= 0.6 is 0 Å². The summed E-state index contributed by atoms with van der Waals surface area (Å²) >= 11 is 0.